The number of nitrogens with one attached hydrogen (secondary N) is 2. The molecule has 1 heterocycles. The Bertz CT molecular complexity index is 1430. The summed E-state index contributed by atoms with van der Waals surface area (Å²) in [4.78, 5) is 4.48. The van der Waals surface area contributed by atoms with Gasteiger partial charge in [-0.15, -0.1) is 0 Å². The molecule has 0 aromatic heterocycles. The SMILES string of the molecule is C[N+](C)=C1NC(N)=NC(c2ccc(OCCCCCP(Cl)(c3ccccc3)(c3ccccc3)c3ccccc3)cc2)N1.[Cl-]. The summed E-state index contributed by atoms with van der Waals surface area (Å²) in [6, 6.07) is 40.1. The quantitative estimate of drug-likeness (QED) is 0.134. The van der Waals surface area contributed by atoms with Gasteiger partial charge in [0.25, 0.3) is 5.96 Å². The Labute approximate surface area is 266 Å². The summed E-state index contributed by atoms with van der Waals surface area (Å²) >= 11 is 8.17. The third-order valence-electron chi connectivity index (χ3n) is 7.81. The average molecular weight is 637 g/mol. The van der Waals surface area contributed by atoms with Crippen LogP contribution < -0.4 is 49.4 Å². The number of halogens is 2. The molecule has 5 rings (SSSR count). The van der Waals surface area contributed by atoms with Crippen LogP contribution in [0.4, 0.5) is 0 Å². The van der Waals surface area contributed by atoms with Crippen molar-refractivity contribution in [2.75, 3.05) is 26.9 Å². The summed E-state index contributed by atoms with van der Waals surface area (Å²) in [6.45, 7) is 0.648. The zero-order valence-corrected chi connectivity index (χ0v) is 27.1. The van der Waals surface area contributed by atoms with E-state index in [0.29, 0.717) is 12.6 Å². The monoisotopic (exact) mass is 635 g/mol. The molecule has 0 radical (unpaired) electrons. The first kappa shape index (κ1) is 32.3. The van der Waals surface area contributed by atoms with Crippen molar-refractivity contribution in [2.45, 2.75) is 25.4 Å². The van der Waals surface area contributed by atoms with Gasteiger partial charge in [-0.05, 0) is 0 Å². The normalized spacial score (nSPS) is 15.5. The Morgan fingerprint density at radius 1 is 0.767 bits per heavy atom. The molecule has 6 nitrogen and oxygen atoms in total. The number of hydrogen-bond donors (Lipinski definition) is 3. The summed E-state index contributed by atoms with van der Waals surface area (Å²) in [5.74, 6) is -1.16. The van der Waals surface area contributed by atoms with Crippen molar-refractivity contribution in [3.8, 4) is 5.75 Å². The van der Waals surface area contributed by atoms with E-state index in [1.54, 1.807) is 0 Å². The molecule has 9 heteroatoms. The molecule has 0 fully saturated rings. The van der Waals surface area contributed by atoms with E-state index in [1.165, 1.54) is 15.9 Å². The predicted molar refractivity (Wildman–Crippen MR) is 179 cm³/mol. The fourth-order valence-electron chi connectivity index (χ4n) is 5.56. The first-order valence-electron chi connectivity index (χ1n) is 14.4. The van der Waals surface area contributed by atoms with E-state index in [4.69, 9.17) is 21.7 Å². The molecule has 4 N–H and O–H groups in total. The van der Waals surface area contributed by atoms with Crippen molar-refractivity contribution in [2.24, 2.45) is 10.7 Å². The number of nitrogens with zero attached hydrogens (tertiary/aromatic N) is 2. The van der Waals surface area contributed by atoms with Crippen molar-refractivity contribution < 1.29 is 21.7 Å². The van der Waals surface area contributed by atoms with Crippen LogP contribution in [0.25, 0.3) is 0 Å². The van der Waals surface area contributed by atoms with Gasteiger partial charge >= 0.3 is 219 Å². The fourth-order valence-corrected chi connectivity index (χ4v) is 11.8. The molecular weight excluding hydrogens is 596 g/mol. The van der Waals surface area contributed by atoms with Crippen LogP contribution in [0.1, 0.15) is 31.0 Å². The topological polar surface area (TPSA) is 74.7 Å². The van der Waals surface area contributed by atoms with Crippen molar-refractivity contribution in [3.63, 3.8) is 0 Å². The molecule has 226 valence electrons. The number of hydrogen-bond acceptors (Lipinski definition) is 3. The Balaban J connectivity index is 0.00000423. The molecule has 43 heavy (non-hydrogen) atoms. The van der Waals surface area contributed by atoms with Gasteiger partial charge in [-0.1, -0.05) is 0 Å². The number of nitrogens with two attached hydrogens (primary N) is 1. The number of unbranched alkanes of at least 4 members (excludes halogenated alkanes) is 2. The van der Waals surface area contributed by atoms with Crippen molar-refractivity contribution in [3.05, 3.63) is 121 Å². The minimum Gasteiger partial charge on any atom is -1.00 e. The average Bonchev–Trinajstić information content (AvgIpc) is 3.04. The molecule has 1 aliphatic rings. The van der Waals surface area contributed by atoms with Crippen LogP contribution in [-0.2, 0) is 0 Å². The zero-order chi connectivity index (χ0) is 29.4. The molecule has 4 aromatic rings. The Hall–Kier alpha value is -3.57. The van der Waals surface area contributed by atoms with Crippen molar-refractivity contribution >= 4 is 45.0 Å². The zero-order valence-electron chi connectivity index (χ0n) is 24.7. The Kier molecular flexibility index (Phi) is 10.7. The summed E-state index contributed by atoms with van der Waals surface area (Å²) < 4.78 is 8.05. The van der Waals surface area contributed by atoms with Crippen LogP contribution in [0.2, 0.25) is 0 Å². The maximum atomic E-state index is 8.17. The number of ether oxygens (including phenoxy) is 1. The van der Waals surface area contributed by atoms with Crippen molar-refractivity contribution in [1.82, 2.24) is 10.6 Å². The van der Waals surface area contributed by atoms with Crippen LogP contribution in [0, 0.1) is 0 Å². The number of benzene rings is 4. The second-order valence-electron chi connectivity index (χ2n) is 10.8. The predicted octanol–water partition coefficient (Wildman–Crippen LogP) is 2.06. The molecule has 0 amide bonds. The Morgan fingerprint density at radius 2 is 1.28 bits per heavy atom. The summed E-state index contributed by atoms with van der Waals surface area (Å²) in [7, 11) is 3.89. The summed E-state index contributed by atoms with van der Waals surface area (Å²) in [5, 5.41) is 10.0. The minimum absolute atomic E-state index is 0. The molecule has 1 unspecified atom stereocenters. The van der Waals surface area contributed by atoms with Gasteiger partial charge in [-0.25, -0.2) is 5.32 Å². The van der Waals surface area contributed by atoms with Gasteiger partial charge in [-0.3, -0.25) is 4.58 Å². The first-order chi connectivity index (χ1) is 20.4. The van der Waals surface area contributed by atoms with E-state index in [0.717, 1.165) is 42.7 Å². The van der Waals surface area contributed by atoms with Crippen LogP contribution in [0.15, 0.2) is 120 Å². The third kappa shape index (κ3) is 6.99. The van der Waals surface area contributed by atoms with Gasteiger partial charge in [0.05, 0.1) is 14.1 Å². The van der Waals surface area contributed by atoms with E-state index in [-0.39, 0.29) is 18.6 Å². The molecule has 0 saturated carbocycles. The number of rotatable bonds is 11. The molecule has 1 atom stereocenters. The van der Waals surface area contributed by atoms with Crippen molar-refractivity contribution in [1.29, 1.82) is 0 Å². The fraction of sp³-hybridized carbons (Fsp3) is 0.235. The second kappa shape index (κ2) is 14.3. The van der Waals surface area contributed by atoms with E-state index in [2.05, 4.69) is 107 Å². The van der Waals surface area contributed by atoms with Crippen LogP contribution in [0.5, 0.6) is 5.75 Å². The molecule has 1 aliphatic heterocycles. The van der Waals surface area contributed by atoms with Gasteiger partial charge in [0.2, 0.25) is 0 Å². The van der Waals surface area contributed by atoms with E-state index in [9.17, 15) is 0 Å². The van der Waals surface area contributed by atoms with Crippen LogP contribution in [-0.4, -0.2) is 43.4 Å². The molecule has 0 bridgehead atoms. The van der Waals surface area contributed by atoms with Gasteiger partial charge in [0, 0.05) is 0 Å². The molecule has 0 saturated heterocycles. The van der Waals surface area contributed by atoms with Gasteiger partial charge in [0.1, 0.15) is 0 Å². The number of aliphatic imine (C=N–C) groups is 1. The minimum atomic E-state index is -3.21. The van der Waals surface area contributed by atoms with E-state index in [1.807, 2.05) is 42.9 Å². The van der Waals surface area contributed by atoms with Gasteiger partial charge in [0.15, 0.2) is 0 Å². The maximum absolute atomic E-state index is 8.17. The molecular formula is C34H40Cl2N5OP. The number of guanidine groups is 2. The van der Waals surface area contributed by atoms with Crippen LogP contribution in [0.3, 0.4) is 0 Å². The Morgan fingerprint density at radius 3 is 1.77 bits per heavy atom. The van der Waals surface area contributed by atoms with Gasteiger partial charge < -0.3 is 18.1 Å². The molecule has 4 aromatic carbocycles. The first-order valence-corrected chi connectivity index (χ1v) is 17.7. The van der Waals surface area contributed by atoms with Gasteiger partial charge in [-0.2, -0.15) is 0 Å². The molecule has 0 aliphatic carbocycles. The second-order valence-corrected chi connectivity index (χ2v) is 17.4. The van der Waals surface area contributed by atoms with E-state index < -0.39 is 5.96 Å². The molecule has 0 spiro atoms. The summed E-state index contributed by atoms with van der Waals surface area (Å²) in [5.41, 5.74) is 7.00. The smallest absolute Gasteiger partial charge is 1.00 e. The van der Waals surface area contributed by atoms with E-state index >= 15 is 0 Å². The standard InChI is InChI=1S/C34H39ClN5OP.ClH/c1-40(2)34-38-32(37-33(36)39-34)27-21-23-28(24-22-27)41-25-13-6-14-26-42(35,29-15-7-3-8-16-29,30-17-9-4-10-18-30)31-19-11-5-12-20-31;/h3-5,7-12,15-24,32H,6,13-14,25-26H2,1-2H3,(H3,36,37,38,39);1H. The third-order valence-corrected chi connectivity index (χ3v) is 15.4. The summed E-state index contributed by atoms with van der Waals surface area (Å²) in [6.07, 6.45) is 3.60. The van der Waals surface area contributed by atoms with Crippen LogP contribution >= 0.6 is 17.2 Å².